The first-order chi connectivity index (χ1) is 4.57. The Hall–Kier alpha value is -1.45. The molecule has 4 heteroatoms. The summed E-state index contributed by atoms with van der Waals surface area (Å²) in [6.07, 6.45) is 0.783. The summed E-state index contributed by atoms with van der Waals surface area (Å²) in [5.41, 5.74) is 0. The number of esters is 2. The second-order valence-corrected chi connectivity index (χ2v) is 1.45. The summed E-state index contributed by atoms with van der Waals surface area (Å²) >= 11 is 0. The summed E-state index contributed by atoms with van der Waals surface area (Å²) in [5.74, 6) is -2.92. The van der Waals surface area contributed by atoms with Crippen molar-refractivity contribution in [1.82, 2.24) is 0 Å². The summed E-state index contributed by atoms with van der Waals surface area (Å²) < 4.78 is 3.90. The van der Waals surface area contributed by atoms with Gasteiger partial charge in [-0.2, -0.15) is 0 Å². The first-order valence-corrected chi connectivity index (χ1v) is 2.47. The van der Waals surface area contributed by atoms with Gasteiger partial charge in [0.25, 0.3) is 5.78 Å². The van der Waals surface area contributed by atoms with Crippen LogP contribution in [0.3, 0.4) is 0 Å². The highest BCUT2D eigenvalue weighted by Gasteiger charge is 2.12. The molecule has 0 aromatic heterocycles. The van der Waals surface area contributed by atoms with Gasteiger partial charge in [-0.15, -0.1) is 0 Å². The summed E-state index contributed by atoms with van der Waals surface area (Å²) in [5, 5.41) is 0. The molecule has 0 N–H and O–H groups in total. The van der Waals surface area contributed by atoms with Gasteiger partial charge in [-0.25, -0.2) is 4.79 Å². The van der Waals surface area contributed by atoms with Crippen molar-refractivity contribution < 1.29 is 19.1 Å². The van der Waals surface area contributed by atoms with Gasteiger partial charge < -0.3 is 4.74 Å². The number of hydrogen-bond acceptors (Lipinski definition) is 4. The van der Waals surface area contributed by atoms with Gasteiger partial charge in [0.1, 0.15) is 0 Å². The van der Waals surface area contributed by atoms with Crippen LogP contribution in [0.15, 0.2) is 12.7 Å². The minimum Gasteiger partial charge on any atom is -0.387 e. The molecule has 0 saturated carbocycles. The second-order valence-electron chi connectivity index (χ2n) is 1.45. The average molecular weight is 142 g/mol. The fraction of sp³-hybridized carbons (Fsp3) is 0.167. The fourth-order valence-electron chi connectivity index (χ4n) is 0.264. The van der Waals surface area contributed by atoms with Crippen molar-refractivity contribution in [3.63, 3.8) is 0 Å². The van der Waals surface area contributed by atoms with Crippen molar-refractivity contribution in [1.29, 1.82) is 0 Å². The van der Waals surface area contributed by atoms with Crippen LogP contribution >= 0.6 is 0 Å². The van der Waals surface area contributed by atoms with E-state index in [1.165, 1.54) is 0 Å². The van der Waals surface area contributed by atoms with Gasteiger partial charge in [-0.3, -0.25) is 9.59 Å². The molecule has 10 heavy (non-hydrogen) atoms. The minimum atomic E-state index is -1.19. The summed E-state index contributed by atoms with van der Waals surface area (Å²) in [4.78, 5) is 30.7. The van der Waals surface area contributed by atoms with E-state index in [9.17, 15) is 14.4 Å². The number of ketones is 1. The second kappa shape index (κ2) is 3.55. The molecule has 0 bridgehead atoms. The van der Waals surface area contributed by atoms with E-state index < -0.39 is 17.7 Å². The molecule has 0 aromatic rings. The van der Waals surface area contributed by atoms with Crippen molar-refractivity contribution in [2.45, 2.75) is 6.92 Å². The molecule has 0 unspecified atom stereocenters. The van der Waals surface area contributed by atoms with E-state index in [1.54, 1.807) is 0 Å². The predicted molar refractivity (Wildman–Crippen MR) is 32.0 cm³/mol. The van der Waals surface area contributed by atoms with Crippen LogP contribution < -0.4 is 0 Å². The molecule has 0 spiro atoms. The fourth-order valence-corrected chi connectivity index (χ4v) is 0.264. The number of ether oxygens (including phenoxy) is 1. The van der Waals surface area contributed by atoms with E-state index >= 15 is 0 Å². The molecule has 0 radical (unpaired) electrons. The van der Waals surface area contributed by atoms with E-state index in [0.29, 0.717) is 0 Å². The molecular weight excluding hydrogens is 136 g/mol. The number of rotatable bonds is 2. The lowest BCUT2D eigenvalue weighted by Crippen LogP contribution is -2.17. The highest BCUT2D eigenvalue weighted by Crippen LogP contribution is 1.82. The normalized spacial score (nSPS) is 8.10. The summed E-state index contributed by atoms with van der Waals surface area (Å²) in [6, 6.07) is 0. The predicted octanol–water partition coefficient (Wildman–Crippen LogP) is -0.169. The monoisotopic (exact) mass is 142 g/mol. The molecule has 0 aliphatic carbocycles. The highest BCUT2D eigenvalue weighted by atomic mass is 16.6. The minimum absolute atomic E-state index is 0.783. The third-order valence-electron chi connectivity index (χ3n) is 0.623. The van der Waals surface area contributed by atoms with Gasteiger partial charge in [0.2, 0.25) is 0 Å². The smallest absolute Gasteiger partial charge is 0.386 e. The Balaban J connectivity index is 3.98. The van der Waals surface area contributed by atoms with Gasteiger partial charge in [-0.05, 0) is 6.08 Å². The molecule has 0 aromatic carbocycles. The Morgan fingerprint density at radius 2 is 1.90 bits per heavy atom. The highest BCUT2D eigenvalue weighted by molar-refractivity contribution is 6.39. The maximum absolute atomic E-state index is 10.3. The van der Waals surface area contributed by atoms with Crippen LogP contribution in [0.2, 0.25) is 0 Å². The first kappa shape index (κ1) is 8.55. The van der Waals surface area contributed by atoms with E-state index in [1.807, 2.05) is 0 Å². The topological polar surface area (TPSA) is 60.4 Å². The quantitative estimate of drug-likeness (QED) is 0.232. The summed E-state index contributed by atoms with van der Waals surface area (Å²) in [7, 11) is 0. The molecule has 0 rings (SSSR count). The molecule has 54 valence electrons. The molecular formula is C6H6O4. The molecule has 0 aliphatic heterocycles. The summed E-state index contributed by atoms with van der Waals surface area (Å²) in [6.45, 7) is 4.06. The van der Waals surface area contributed by atoms with Crippen molar-refractivity contribution in [2.75, 3.05) is 0 Å². The van der Waals surface area contributed by atoms with Crippen LogP contribution in [0.1, 0.15) is 6.92 Å². The van der Waals surface area contributed by atoms with Gasteiger partial charge >= 0.3 is 11.9 Å². The van der Waals surface area contributed by atoms with Crippen LogP contribution in [-0.2, 0) is 19.1 Å². The SMILES string of the molecule is C=CC(=O)C(=O)OC(C)=O. The largest absolute Gasteiger partial charge is 0.387 e. The van der Waals surface area contributed by atoms with Crippen molar-refractivity contribution in [3.05, 3.63) is 12.7 Å². The maximum Gasteiger partial charge on any atom is 0.386 e. The van der Waals surface area contributed by atoms with E-state index in [4.69, 9.17) is 0 Å². The molecule has 0 atom stereocenters. The zero-order valence-corrected chi connectivity index (χ0v) is 5.42. The standard InChI is InChI=1S/C6H6O4/c1-3-5(8)6(9)10-4(2)7/h3H,1H2,2H3. The Kier molecular flexibility index (Phi) is 3.04. The van der Waals surface area contributed by atoms with E-state index in [2.05, 4.69) is 11.3 Å². The lowest BCUT2D eigenvalue weighted by molar-refractivity contribution is -0.161. The Bertz CT molecular complexity index is 192. The first-order valence-electron chi connectivity index (χ1n) is 2.47. The third kappa shape index (κ3) is 2.76. The molecule has 0 heterocycles. The van der Waals surface area contributed by atoms with Gasteiger partial charge in [0, 0.05) is 6.92 Å². The molecule has 0 saturated heterocycles. The van der Waals surface area contributed by atoms with Gasteiger partial charge in [0.05, 0.1) is 0 Å². The van der Waals surface area contributed by atoms with Gasteiger partial charge in [-0.1, -0.05) is 6.58 Å². The zero-order chi connectivity index (χ0) is 8.15. The van der Waals surface area contributed by atoms with Crippen LogP contribution in [0.25, 0.3) is 0 Å². The van der Waals surface area contributed by atoms with E-state index in [0.717, 1.165) is 13.0 Å². The molecule has 0 amide bonds. The lowest BCUT2D eigenvalue weighted by Gasteiger charge is -1.92. The Morgan fingerprint density at radius 3 is 2.20 bits per heavy atom. The maximum atomic E-state index is 10.3. The van der Waals surface area contributed by atoms with Crippen LogP contribution in [0, 0.1) is 0 Å². The number of hydrogen-bond donors (Lipinski definition) is 0. The van der Waals surface area contributed by atoms with Crippen LogP contribution in [-0.4, -0.2) is 17.7 Å². The Labute approximate surface area is 57.5 Å². The zero-order valence-electron chi connectivity index (χ0n) is 5.42. The number of carbonyl (C=O) groups excluding carboxylic acids is 3. The average Bonchev–Trinajstić information content (AvgIpc) is 1.85. The van der Waals surface area contributed by atoms with Crippen molar-refractivity contribution >= 4 is 17.7 Å². The van der Waals surface area contributed by atoms with Crippen molar-refractivity contribution in [3.8, 4) is 0 Å². The van der Waals surface area contributed by atoms with Crippen LogP contribution in [0.4, 0.5) is 0 Å². The molecule has 0 fully saturated rings. The molecule has 4 nitrogen and oxygen atoms in total. The lowest BCUT2D eigenvalue weighted by atomic mass is 10.4. The number of carbonyl (C=O) groups is 3. The van der Waals surface area contributed by atoms with Crippen molar-refractivity contribution in [2.24, 2.45) is 0 Å². The van der Waals surface area contributed by atoms with Gasteiger partial charge in [0.15, 0.2) is 0 Å². The van der Waals surface area contributed by atoms with E-state index in [-0.39, 0.29) is 0 Å². The molecule has 0 aliphatic rings. The Morgan fingerprint density at radius 1 is 1.40 bits per heavy atom. The third-order valence-corrected chi connectivity index (χ3v) is 0.623. The van der Waals surface area contributed by atoms with Crippen LogP contribution in [0.5, 0.6) is 0 Å².